The van der Waals surface area contributed by atoms with Crippen LogP contribution in [0.4, 0.5) is 10.1 Å². The molecular formula is C16H14BrClFN. The highest BCUT2D eigenvalue weighted by Crippen LogP contribution is 2.39. The Balaban J connectivity index is 1.60. The van der Waals surface area contributed by atoms with E-state index in [1.165, 1.54) is 17.7 Å². The van der Waals surface area contributed by atoms with Crippen LogP contribution >= 0.6 is 27.5 Å². The first-order valence-electron chi connectivity index (χ1n) is 6.59. The molecule has 1 saturated carbocycles. The van der Waals surface area contributed by atoms with Crippen molar-refractivity contribution in [3.63, 3.8) is 0 Å². The van der Waals surface area contributed by atoms with Crippen molar-refractivity contribution in [2.24, 2.45) is 0 Å². The third-order valence-corrected chi connectivity index (χ3v) is 4.71. The second-order valence-electron chi connectivity index (χ2n) is 5.19. The van der Waals surface area contributed by atoms with Gasteiger partial charge in [-0.15, -0.1) is 0 Å². The van der Waals surface area contributed by atoms with Crippen LogP contribution in [0.25, 0.3) is 0 Å². The van der Waals surface area contributed by atoms with E-state index in [1.54, 1.807) is 6.07 Å². The summed E-state index contributed by atoms with van der Waals surface area (Å²) in [7, 11) is 0. The summed E-state index contributed by atoms with van der Waals surface area (Å²) in [5, 5.41) is 4.16. The maximum Gasteiger partial charge on any atom is 0.125 e. The second-order valence-corrected chi connectivity index (χ2v) is 6.48. The van der Waals surface area contributed by atoms with Crippen molar-refractivity contribution in [2.75, 3.05) is 5.32 Å². The SMILES string of the molecule is Fc1ccc(Br)c(NC2CC(c3ccc(Cl)cc3)C2)c1. The third kappa shape index (κ3) is 2.99. The van der Waals surface area contributed by atoms with Crippen molar-refractivity contribution in [1.29, 1.82) is 0 Å². The van der Waals surface area contributed by atoms with Gasteiger partial charge in [0.15, 0.2) is 0 Å². The average molecular weight is 355 g/mol. The Labute approximate surface area is 131 Å². The molecule has 1 aliphatic rings. The van der Waals surface area contributed by atoms with Crippen molar-refractivity contribution in [1.82, 2.24) is 0 Å². The highest BCUT2D eigenvalue weighted by molar-refractivity contribution is 9.10. The van der Waals surface area contributed by atoms with Gasteiger partial charge in [-0.25, -0.2) is 4.39 Å². The molecule has 0 heterocycles. The summed E-state index contributed by atoms with van der Waals surface area (Å²) in [6.07, 6.45) is 2.12. The second kappa shape index (κ2) is 5.74. The lowest BCUT2D eigenvalue weighted by Crippen LogP contribution is -2.34. The van der Waals surface area contributed by atoms with Crippen molar-refractivity contribution in [2.45, 2.75) is 24.8 Å². The molecular weight excluding hydrogens is 341 g/mol. The lowest BCUT2D eigenvalue weighted by atomic mass is 9.76. The largest absolute Gasteiger partial charge is 0.381 e. The Hall–Kier alpha value is -1.06. The normalized spacial score (nSPS) is 21.4. The zero-order valence-electron chi connectivity index (χ0n) is 10.7. The monoisotopic (exact) mass is 353 g/mol. The van der Waals surface area contributed by atoms with E-state index in [1.807, 2.05) is 12.1 Å². The van der Waals surface area contributed by atoms with Gasteiger partial charge in [-0.3, -0.25) is 0 Å². The number of hydrogen-bond donors (Lipinski definition) is 1. The summed E-state index contributed by atoms with van der Waals surface area (Å²) in [4.78, 5) is 0. The van der Waals surface area contributed by atoms with Gasteiger partial charge in [-0.1, -0.05) is 23.7 Å². The topological polar surface area (TPSA) is 12.0 Å². The van der Waals surface area contributed by atoms with Gasteiger partial charge in [-0.05, 0) is 70.6 Å². The van der Waals surface area contributed by atoms with Crippen LogP contribution in [-0.4, -0.2) is 6.04 Å². The van der Waals surface area contributed by atoms with E-state index < -0.39 is 0 Å². The summed E-state index contributed by atoms with van der Waals surface area (Å²) in [5.74, 6) is 0.348. The number of benzene rings is 2. The molecule has 104 valence electrons. The molecule has 1 fully saturated rings. The molecule has 0 aromatic heterocycles. The van der Waals surface area contributed by atoms with Crippen molar-refractivity contribution >= 4 is 33.2 Å². The number of anilines is 1. The molecule has 0 radical (unpaired) electrons. The average Bonchev–Trinajstić information content (AvgIpc) is 2.39. The quantitative estimate of drug-likeness (QED) is 0.756. The Bertz CT molecular complexity index is 608. The van der Waals surface area contributed by atoms with Crippen LogP contribution in [0.15, 0.2) is 46.9 Å². The molecule has 0 bridgehead atoms. The molecule has 20 heavy (non-hydrogen) atoms. The smallest absolute Gasteiger partial charge is 0.125 e. The summed E-state index contributed by atoms with van der Waals surface area (Å²) in [6, 6.07) is 13.1. The Kier molecular flexibility index (Phi) is 3.99. The molecule has 3 rings (SSSR count). The van der Waals surface area contributed by atoms with Crippen molar-refractivity contribution in [3.05, 3.63) is 63.3 Å². The van der Waals surface area contributed by atoms with E-state index in [9.17, 15) is 4.39 Å². The molecule has 0 aliphatic heterocycles. The number of hydrogen-bond acceptors (Lipinski definition) is 1. The Morgan fingerprint density at radius 2 is 1.80 bits per heavy atom. The lowest BCUT2D eigenvalue weighted by Gasteiger charge is -2.37. The lowest BCUT2D eigenvalue weighted by molar-refractivity contribution is 0.374. The van der Waals surface area contributed by atoms with Crippen molar-refractivity contribution < 1.29 is 4.39 Å². The zero-order chi connectivity index (χ0) is 14.1. The standard InChI is InChI=1S/C16H14BrClFN/c17-15-6-5-13(19)9-16(15)20-14-7-11(8-14)10-1-3-12(18)4-2-10/h1-6,9,11,14,20H,7-8H2. The van der Waals surface area contributed by atoms with Gasteiger partial charge in [-0.2, -0.15) is 0 Å². The summed E-state index contributed by atoms with van der Waals surface area (Å²) in [5.41, 5.74) is 2.15. The first kappa shape index (κ1) is 13.9. The van der Waals surface area contributed by atoms with E-state index in [-0.39, 0.29) is 5.82 Å². The predicted octanol–water partition coefficient (Wildman–Crippen LogP) is 5.60. The van der Waals surface area contributed by atoms with Gasteiger partial charge in [0.2, 0.25) is 0 Å². The summed E-state index contributed by atoms with van der Waals surface area (Å²) in [6.45, 7) is 0. The van der Waals surface area contributed by atoms with Gasteiger partial charge in [0, 0.05) is 15.5 Å². The minimum Gasteiger partial charge on any atom is -0.381 e. The molecule has 0 spiro atoms. The minimum atomic E-state index is -0.218. The van der Waals surface area contributed by atoms with Gasteiger partial charge in [0.25, 0.3) is 0 Å². The van der Waals surface area contributed by atoms with Gasteiger partial charge < -0.3 is 5.32 Å². The maximum atomic E-state index is 13.2. The van der Waals surface area contributed by atoms with Crippen LogP contribution in [-0.2, 0) is 0 Å². The zero-order valence-corrected chi connectivity index (χ0v) is 13.1. The molecule has 2 aromatic carbocycles. The highest BCUT2D eigenvalue weighted by atomic mass is 79.9. The molecule has 0 unspecified atom stereocenters. The van der Waals surface area contributed by atoms with E-state index >= 15 is 0 Å². The summed E-state index contributed by atoms with van der Waals surface area (Å²) >= 11 is 9.33. The molecule has 4 heteroatoms. The van der Waals surface area contributed by atoms with Crippen LogP contribution in [0.3, 0.4) is 0 Å². The van der Waals surface area contributed by atoms with Crippen molar-refractivity contribution in [3.8, 4) is 0 Å². The predicted molar refractivity (Wildman–Crippen MR) is 84.9 cm³/mol. The fraction of sp³-hybridized carbons (Fsp3) is 0.250. The molecule has 0 atom stereocenters. The summed E-state index contributed by atoms with van der Waals surface area (Å²) < 4.78 is 14.1. The Morgan fingerprint density at radius 1 is 1.10 bits per heavy atom. The van der Waals surface area contributed by atoms with Gasteiger partial charge >= 0.3 is 0 Å². The molecule has 2 aromatic rings. The number of nitrogens with one attached hydrogen (secondary N) is 1. The molecule has 1 N–H and O–H groups in total. The number of halogens is 3. The van der Waals surface area contributed by atoms with E-state index in [4.69, 9.17) is 11.6 Å². The highest BCUT2D eigenvalue weighted by Gasteiger charge is 2.30. The first-order valence-corrected chi connectivity index (χ1v) is 7.76. The van der Waals surface area contributed by atoms with Gasteiger partial charge in [0.1, 0.15) is 5.82 Å². The third-order valence-electron chi connectivity index (χ3n) is 3.77. The Morgan fingerprint density at radius 3 is 2.50 bits per heavy atom. The van der Waals surface area contributed by atoms with Crippen LogP contribution in [0.1, 0.15) is 24.3 Å². The number of rotatable bonds is 3. The van der Waals surface area contributed by atoms with E-state index in [2.05, 4.69) is 33.4 Å². The fourth-order valence-electron chi connectivity index (χ4n) is 2.57. The maximum absolute atomic E-state index is 13.2. The molecule has 1 aliphatic carbocycles. The molecule has 0 saturated heterocycles. The van der Waals surface area contributed by atoms with Gasteiger partial charge in [0.05, 0.1) is 5.69 Å². The first-order chi connectivity index (χ1) is 9.61. The van der Waals surface area contributed by atoms with Crippen LogP contribution in [0, 0.1) is 5.82 Å². The minimum absolute atomic E-state index is 0.218. The van der Waals surface area contributed by atoms with Crippen LogP contribution in [0.5, 0.6) is 0 Å². The fourth-order valence-corrected chi connectivity index (χ4v) is 3.06. The molecule has 0 amide bonds. The van der Waals surface area contributed by atoms with E-state index in [0.717, 1.165) is 28.0 Å². The van der Waals surface area contributed by atoms with E-state index in [0.29, 0.717) is 12.0 Å². The van der Waals surface area contributed by atoms with Crippen LogP contribution in [0.2, 0.25) is 5.02 Å². The molecule has 1 nitrogen and oxygen atoms in total. The van der Waals surface area contributed by atoms with Crippen LogP contribution < -0.4 is 5.32 Å².